The summed E-state index contributed by atoms with van der Waals surface area (Å²) in [7, 11) is 0.904. The topological polar surface area (TPSA) is 52.6 Å². The van der Waals surface area contributed by atoms with Gasteiger partial charge in [0.2, 0.25) is 0 Å². The predicted octanol–water partition coefficient (Wildman–Crippen LogP) is 9.54. The molecule has 0 heterocycles. The van der Waals surface area contributed by atoms with Crippen molar-refractivity contribution in [3.8, 4) is 0 Å². The number of hydrogen-bond acceptors (Lipinski definition) is 4. The van der Waals surface area contributed by atoms with Crippen LogP contribution in [0.2, 0.25) is 0 Å². The van der Waals surface area contributed by atoms with Gasteiger partial charge in [0.15, 0.2) is 0 Å². The molecule has 1 aromatic rings. The van der Waals surface area contributed by atoms with Crippen LogP contribution >= 0.6 is 0 Å². The Balaban J connectivity index is 1.32. The average Bonchev–Trinajstić information content (AvgIpc) is 2.96. The molecule has 0 N–H and O–H groups in total. The molecule has 5 aliphatic carbocycles. The molecule has 0 saturated heterocycles. The maximum absolute atomic E-state index is 18.2. The van der Waals surface area contributed by atoms with E-state index >= 15 is 4.39 Å². The van der Waals surface area contributed by atoms with Crippen LogP contribution in [0.25, 0.3) is 0 Å². The van der Waals surface area contributed by atoms with Crippen molar-refractivity contribution in [3.05, 3.63) is 35.9 Å². The lowest BCUT2D eigenvalue weighted by atomic mass is 9.31. The number of halogens is 4. The first-order chi connectivity index (χ1) is 21.3. The monoisotopic (exact) mass is 648 g/mol. The van der Waals surface area contributed by atoms with E-state index in [2.05, 4.69) is 34.6 Å². The Kier molecular flexibility index (Phi) is 7.76. The molecule has 256 valence electrons. The van der Waals surface area contributed by atoms with Crippen molar-refractivity contribution >= 4 is 11.8 Å². The molecule has 5 fully saturated rings. The van der Waals surface area contributed by atoms with Gasteiger partial charge in [0.05, 0.1) is 0 Å². The van der Waals surface area contributed by atoms with Crippen molar-refractivity contribution in [1.29, 1.82) is 0 Å². The van der Waals surface area contributed by atoms with Crippen LogP contribution in [0, 0.1) is 44.8 Å². The second-order valence-corrected chi connectivity index (χ2v) is 17.4. The molecule has 0 amide bonds. The van der Waals surface area contributed by atoms with Crippen LogP contribution in [-0.2, 0) is 24.7 Å². The van der Waals surface area contributed by atoms with E-state index in [9.17, 15) is 22.8 Å². The zero-order chi connectivity index (χ0) is 33.8. The lowest BCUT2D eigenvalue weighted by molar-refractivity contribution is -0.290. The Hall–Kier alpha value is -1.96. The van der Waals surface area contributed by atoms with E-state index in [1.807, 2.05) is 6.92 Å². The molecule has 0 radical (unpaired) electrons. The van der Waals surface area contributed by atoms with Crippen molar-refractivity contribution in [1.82, 2.24) is 0 Å². The zero-order valence-electron chi connectivity index (χ0n) is 28.6. The van der Waals surface area contributed by atoms with Gasteiger partial charge < -0.3 is 9.47 Å². The average molecular weight is 649 g/mol. The molecule has 4 nitrogen and oxygen atoms in total. The molecule has 1 aromatic carbocycles. The van der Waals surface area contributed by atoms with Crippen molar-refractivity contribution in [3.63, 3.8) is 0 Å². The van der Waals surface area contributed by atoms with Crippen LogP contribution in [-0.4, -0.2) is 36.8 Å². The molecule has 5 aliphatic rings. The molecular weight excluding hydrogens is 596 g/mol. The van der Waals surface area contributed by atoms with E-state index in [0.717, 1.165) is 20.0 Å². The fraction of sp³-hybridized carbons (Fsp3) is 0.789. The number of carbonyl (C=O) groups excluding carboxylic acids is 2. The van der Waals surface area contributed by atoms with Gasteiger partial charge in [-0.3, -0.25) is 4.79 Å². The highest BCUT2D eigenvalue weighted by Crippen LogP contribution is 2.77. The predicted molar refractivity (Wildman–Crippen MR) is 167 cm³/mol. The lowest BCUT2D eigenvalue weighted by Crippen LogP contribution is -2.72. The number of esters is 1. The number of alkyl halides is 4. The fourth-order valence-corrected chi connectivity index (χ4v) is 12.2. The number of fused-ring (bicyclic) bond motifs is 7. The smallest absolute Gasteiger partial charge is 0.432 e. The van der Waals surface area contributed by atoms with E-state index in [1.165, 1.54) is 24.3 Å². The Morgan fingerprint density at radius 2 is 1.54 bits per heavy atom. The first-order valence-corrected chi connectivity index (χ1v) is 17.4. The van der Waals surface area contributed by atoms with E-state index < -0.39 is 40.3 Å². The summed E-state index contributed by atoms with van der Waals surface area (Å²) in [5, 5.41) is 0. The quantitative estimate of drug-likeness (QED) is 0.241. The molecule has 0 unspecified atom stereocenters. The van der Waals surface area contributed by atoms with E-state index in [-0.39, 0.29) is 45.3 Å². The SMILES string of the molecule is CO[C@@](C(=O)O[C@H]1CCC[C@]2(C)[C@H]3CC[C@]4(F)[C@H]5CC(C)(C)CC(=O)[C@]5(C)CC[C@@]4(C)[C@]3(C)CC[C@@H]12)(c1ccccc1)C(F)(F)F. The summed E-state index contributed by atoms with van der Waals surface area (Å²) >= 11 is 0. The Bertz CT molecular complexity index is 1380. The number of benzene rings is 1. The molecule has 0 aliphatic heterocycles. The molecule has 6 rings (SSSR count). The van der Waals surface area contributed by atoms with Crippen molar-refractivity contribution in [2.45, 2.75) is 136 Å². The molecule has 5 saturated carbocycles. The van der Waals surface area contributed by atoms with Gasteiger partial charge in [-0.1, -0.05) is 71.9 Å². The van der Waals surface area contributed by atoms with Gasteiger partial charge in [-0.15, -0.1) is 0 Å². The Morgan fingerprint density at radius 1 is 0.870 bits per heavy atom. The summed E-state index contributed by atoms with van der Waals surface area (Å²) in [6, 6.07) is 6.99. The third-order valence-corrected chi connectivity index (χ3v) is 14.9. The first kappa shape index (κ1) is 33.9. The van der Waals surface area contributed by atoms with Crippen LogP contribution in [0.15, 0.2) is 30.3 Å². The first-order valence-electron chi connectivity index (χ1n) is 17.4. The lowest BCUT2D eigenvalue weighted by Gasteiger charge is -2.73. The molecule has 10 atom stereocenters. The van der Waals surface area contributed by atoms with E-state index in [0.29, 0.717) is 57.8 Å². The van der Waals surface area contributed by atoms with Crippen LogP contribution in [0.5, 0.6) is 0 Å². The minimum atomic E-state index is -5.03. The summed E-state index contributed by atoms with van der Waals surface area (Å²) in [5.74, 6) is -1.57. The van der Waals surface area contributed by atoms with Crippen LogP contribution in [0.1, 0.15) is 118 Å². The fourth-order valence-electron chi connectivity index (χ4n) is 12.2. The summed E-state index contributed by atoms with van der Waals surface area (Å²) in [5.41, 5.74) is -7.25. The summed E-state index contributed by atoms with van der Waals surface area (Å²) in [4.78, 5) is 27.3. The Morgan fingerprint density at radius 3 is 2.17 bits per heavy atom. The number of methoxy groups -OCH3 is 1. The largest absolute Gasteiger partial charge is 0.459 e. The van der Waals surface area contributed by atoms with E-state index in [4.69, 9.17) is 9.47 Å². The van der Waals surface area contributed by atoms with E-state index in [1.54, 1.807) is 6.07 Å². The number of ether oxygens (including phenoxy) is 2. The second-order valence-electron chi connectivity index (χ2n) is 17.4. The normalized spacial score (nSPS) is 44.9. The van der Waals surface area contributed by atoms with Gasteiger partial charge in [0, 0.05) is 41.8 Å². The molecular formula is C38H52F4O4. The highest BCUT2D eigenvalue weighted by atomic mass is 19.4. The Labute approximate surface area is 271 Å². The molecule has 8 heteroatoms. The summed E-state index contributed by atoms with van der Waals surface area (Å²) < 4.78 is 73.4. The zero-order valence-corrected chi connectivity index (χ0v) is 28.6. The number of ketones is 1. The highest BCUT2D eigenvalue weighted by molar-refractivity contribution is 5.87. The van der Waals surface area contributed by atoms with Crippen LogP contribution in [0.4, 0.5) is 17.6 Å². The van der Waals surface area contributed by atoms with Gasteiger partial charge in [-0.05, 0) is 86.4 Å². The standard InChI is InChI=1S/C38H52F4O4/c1-31(2)22-28-33(4,29(43)23-31)20-21-35(6)34(5)18-15-25-26(14-11-17-32(25,3)27(34)16-19-36(28,35)39)46-30(44)37(45-7,38(40,41)42)24-12-9-8-10-13-24/h8-10,12-13,25-28H,11,14-23H2,1-7H3/t25-,26-,27+,28-,32-,33+,34+,35-,36-,37+/m0/s1. The highest BCUT2D eigenvalue weighted by Gasteiger charge is 2.76. The second kappa shape index (κ2) is 10.5. The minimum absolute atomic E-state index is 0.120. The summed E-state index contributed by atoms with van der Waals surface area (Å²) in [6.07, 6.45) is 1.28. The third kappa shape index (κ3) is 4.32. The number of rotatable bonds is 4. The van der Waals surface area contributed by atoms with Gasteiger partial charge in [-0.25, -0.2) is 9.18 Å². The molecule has 0 bridgehead atoms. The van der Waals surface area contributed by atoms with Gasteiger partial charge in [0.25, 0.3) is 5.60 Å². The van der Waals surface area contributed by atoms with Crippen LogP contribution < -0.4 is 0 Å². The third-order valence-electron chi connectivity index (χ3n) is 14.9. The number of carbonyl (C=O) groups is 2. The summed E-state index contributed by atoms with van der Waals surface area (Å²) in [6.45, 7) is 12.8. The van der Waals surface area contributed by atoms with Gasteiger partial charge in [0.1, 0.15) is 17.6 Å². The van der Waals surface area contributed by atoms with Crippen LogP contribution in [0.3, 0.4) is 0 Å². The molecule has 0 aromatic heterocycles. The maximum Gasteiger partial charge on any atom is 0.432 e. The minimum Gasteiger partial charge on any atom is -0.459 e. The number of hydrogen-bond donors (Lipinski definition) is 0. The maximum atomic E-state index is 18.2. The number of Topliss-reactive ketones (excluding diaryl/α,β-unsaturated/α-hetero) is 1. The van der Waals surface area contributed by atoms with Crippen molar-refractivity contribution < 1.29 is 36.6 Å². The molecule has 46 heavy (non-hydrogen) atoms. The van der Waals surface area contributed by atoms with Gasteiger partial charge in [-0.2, -0.15) is 13.2 Å². The molecule has 0 spiro atoms. The van der Waals surface area contributed by atoms with Crippen molar-refractivity contribution in [2.24, 2.45) is 44.8 Å². The van der Waals surface area contributed by atoms with Gasteiger partial charge >= 0.3 is 12.1 Å². The van der Waals surface area contributed by atoms with Crippen molar-refractivity contribution in [2.75, 3.05) is 7.11 Å².